The Morgan fingerprint density at radius 1 is 1.19 bits per heavy atom. The number of nitrogens with one attached hydrogen (secondary N) is 2. The van der Waals surface area contributed by atoms with E-state index in [1.165, 1.54) is 12.1 Å². The number of benzene rings is 1. The predicted octanol–water partition coefficient (Wildman–Crippen LogP) is -1.22. The third-order valence-electron chi connectivity index (χ3n) is 2.16. The molecule has 1 aromatic carbocycles. The van der Waals surface area contributed by atoms with Gasteiger partial charge in [-0.25, -0.2) is 15.4 Å². The second-order valence-corrected chi connectivity index (χ2v) is 3.63. The summed E-state index contributed by atoms with van der Waals surface area (Å²) in [5.41, 5.74) is 1.66. The Bertz CT molecular complexity index is 599. The highest BCUT2D eigenvalue weighted by molar-refractivity contribution is 6.36. The maximum atomic E-state index is 11.6. The highest BCUT2D eigenvalue weighted by atomic mass is 16.5. The van der Waals surface area contributed by atoms with Gasteiger partial charge >= 0.3 is 17.8 Å². The molecule has 0 saturated heterocycles. The van der Waals surface area contributed by atoms with Crippen LogP contribution in [0, 0.1) is 0 Å². The number of hydrogen-bond acceptors (Lipinski definition) is 6. The second kappa shape index (κ2) is 6.86. The zero-order chi connectivity index (χ0) is 16.0. The summed E-state index contributed by atoms with van der Waals surface area (Å²) in [7, 11) is 0. The number of aliphatic carboxylic acids is 2. The van der Waals surface area contributed by atoms with Crippen molar-refractivity contribution in [1.29, 1.82) is 0 Å². The number of rotatable bonds is 5. The van der Waals surface area contributed by atoms with Crippen molar-refractivity contribution < 1.29 is 34.1 Å². The average Bonchev–Trinajstić information content (AvgIpc) is 2.44. The van der Waals surface area contributed by atoms with Gasteiger partial charge in [0.2, 0.25) is 0 Å². The van der Waals surface area contributed by atoms with E-state index in [9.17, 15) is 19.2 Å². The molecule has 0 bridgehead atoms. The van der Waals surface area contributed by atoms with Gasteiger partial charge in [0.05, 0.1) is 5.56 Å². The fraction of sp³-hybridized carbons (Fsp3) is 0.0909. The number of carboxylic acids is 2. The van der Waals surface area contributed by atoms with Crippen LogP contribution in [0.4, 0.5) is 5.69 Å². The van der Waals surface area contributed by atoms with E-state index in [1.54, 1.807) is 0 Å². The molecule has 0 atom stereocenters. The predicted molar refractivity (Wildman–Crippen MR) is 67.5 cm³/mol. The number of carbonyl (C=O) groups is 4. The maximum absolute atomic E-state index is 11.6. The Labute approximate surface area is 117 Å². The molecule has 0 fully saturated rings. The number of carbonyl (C=O) groups excluding carboxylic acids is 2. The largest absolute Gasteiger partial charge is 0.481 e. The molecule has 1 aromatic rings. The lowest BCUT2D eigenvalue weighted by Crippen LogP contribution is -2.31. The summed E-state index contributed by atoms with van der Waals surface area (Å²) >= 11 is 0. The Morgan fingerprint density at radius 3 is 2.38 bits per heavy atom. The van der Waals surface area contributed by atoms with Crippen LogP contribution < -0.4 is 21.3 Å². The highest BCUT2D eigenvalue weighted by Gasteiger charge is 2.16. The summed E-state index contributed by atoms with van der Waals surface area (Å²) in [6.45, 7) is -0.689. The van der Waals surface area contributed by atoms with Gasteiger partial charge in [0, 0.05) is 5.69 Å². The van der Waals surface area contributed by atoms with E-state index >= 15 is 0 Å². The molecule has 0 radical (unpaired) electrons. The molecule has 0 aromatic heterocycles. The van der Waals surface area contributed by atoms with Crippen molar-refractivity contribution in [2.75, 3.05) is 11.9 Å². The first kappa shape index (κ1) is 15.9. The fourth-order valence-electron chi connectivity index (χ4n) is 1.31. The number of amides is 2. The minimum Gasteiger partial charge on any atom is -0.481 e. The van der Waals surface area contributed by atoms with Gasteiger partial charge in [0.1, 0.15) is 5.75 Å². The lowest BCUT2D eigenvalue weighted by Gasteiger charge is -2.11. The van der Waals surface area contributed by atoms with Gasteiger partial charge in [-0.15, -0.1) is 0 Å². The Hall–Kier alpha value is -3.14. The first-order valence-electron chi connectivity index (χ1n) is 5.39. The number of hydrogen-bond donors (Lipinski definition) is 5. The Morgan fingerprint density at radius 2 is 1.86 bits per heavy atom. The summed E-state index contributed by atoms with van der Waals surface area (Å²) in [6, 6.07) is 3.54. The van der Waals surface area contributed by atoms with Crippen LogP contribution in [0.2, 0.25) is 0 Å². The number of anilines is 1. The molecule has 0 saturated carbocycles. The molecule has 10 nitrogen and oxygen atoms in total. The number of nitrogen functional groups attached to an aromatic ring is 1. The van der Waals surface area contributed by atoms with Crippen LogP contribution in [-0.4, -0.2) is 40.6 Å². The van der Waals surface area contributed by atoms with Gasteiger partial charge in [0.15, 0.2) is 6.61 Å². The summed E-state index contributed by atoms with van der Waals surface area (Å²) in [6.07, 6.45) is 0. The van der Waals surface area contributed by atoms with Crippen LogP contribution >= 0.6 is 0 Å². The number of nitrogens with two attached hydrogens (primary N) is 1. The third kappa shape index (κ3) is 4.47. The van der Waals surface area contributed by atoms with Crippen molar-refractivity contribution in [1.82, 2.24) is 5.43 Å². The number of ether oxygens (including phenoxy) is 1. The number of hydrazine groups is 1. The van der Waals surface area contributed by atoms with Crippen LogP contribution in [0.25, 0.3) is 0 Å². The van der Waals surface area contributed by atoms with Gasteiger partial charge < -0.3 is 20.3 Å². The van der Waals surface area contributed by atoms with Gasteiger partial charge in [-0.2, -0.15) is 0 Å². The molecule has 0 aliphatic carbocycles. The molecule has 0 heterocycles. The summed E-state index contributed by atoms with van der Waals surface area (Å²) in [5, 5.41) is 19.0. The Kier molecular flexibility index (Phi) is 5.20. The normalized spacial score (nSPS) is 9.57. The second-order valence-electron chi connectivity index (χ2n) is 3.63. The zero-order valence-corrected chi connectivity index (χ0v) is 10.5. The molecule has 0 spiro atoms. The van der Waals surface area contributed by atoms with Crippen molar-refractivity contribution in [3.8, 4) is 5.75 Å². The van der Waals surface area contributed by atoms with Gasteiger partial charge in [-0.3, -0.25) is 15.0 Å². The van der Waals surface area contributed by atoms with Crippen molar-refractivity contribution in [3.63, 3.8) is 0 Å². The Balaban J connectivity index is 3.06. The molecular formula is C11H11N3O7. The van der Waals surface area contributed by atoms with E-state index in [0.717, 1.165) is 6.07 Å². The molecule has 21 heavy (non-hydrogen) atoms. The summed E-state index contributed by atoms with van der Waals surface area (Å²) in [5.74, 6) is -0.171. The van der Waals surface area contributed by atoms with E-state index in [1.807, 2.05) is 10.7 Å². The first-order valence-corrected chi connectivity index (χ1v) is 5.39. The van der Waals surface area contributed by atoms with Gasteiger partial charge in [0.25, 0.3) is 5.91 Å². The maximum Gasteiger partial charge on any atom is 0.394 e. The lowest BCUT2D eigenvalue weighted by atomic mass is 10.1. The molecule has 2 amide bonds. The van der Waals surface area contributed by atoms with E-state index in [2.05, 4.69) is 0 Å². The summed E-state index contributed by atoms with van der Waals surface area (Å²) < 4.78 is 4.88. The molecule has 0 unspecified atom stereocenters. The topological polar surface area (TPSA) is 168 Å². The third-order valence-corrected chi connectivity index (χ3v) is 2.16. The van der Waals surface area contributed by atoms with Crippen LogP contribution in [0.5, 0.6) is 5.75 Å². The standard InChI is InChI=1S/C11H11N3O7/c12-14-9(17)6-3-5(13-10(18)11(19)20)1-2-7(6)21-4-8(15)16/h1-3H,4,12H2,(H,13,18)(H,14,17)(H,15,16)(H,19,20). The van der Waals surface area contributed by atoms with Gasteiger partial charge in [-0.1, -0.05) is 0 Å². The smallest absolute Gasteiger partial charge is 0.394 e. The minimum absolute atomic E-state index is 0.00340. The van der Waals surface area contributed by atoms with E-state index in [4.69, 9.17) is 20.8 Å². The van der Waals surface area contributed by atoms with Crippen molar-refractivity contribution in [2.24, 2.45) is 5.84 Å². The first-order chi connectivity index (χ1) is 9.85. The van der Waals surface area contributed by atoms with E-state index < -0.39 is 30.4 Å². The van der Waals surface area contributed by atoms with Crippen LogP contribution in [-0.2, 0) is 14.4 Å². The van der Waals surface area contributed by atoms with Gasteiger partial charge in [-0.05, 0) is 18.2 Å². The molecule has 6 N–H and O–H groups in total. The molecule has 0 aliphatic heterocycles. The fourth-order valence-corrected chi connectivity index (χ4v) is 1.31. The number of carboxylic acid groups (broad SMARTS) is 2. The van der Waals surface area contributed by atoms with E-state index in [-0.39, 0.29) is 17.0 Å². The minimum atomic E-state index is -1.70. The van der Waals surface area contributed by atoms with Crippen LogP contribution in [0.3, 0.4) is 0 Å². The average molecular weight is 297 g/mol. The molecule has 10 heteroatoms. The van der Waals surface area contributed by atoms with Crippen molar-refractivity contribution in [2.45, 2.75) is 0 Å². The SMILES string of the molecule is NNC(=O)c1cc(NC(=O)C(=O)O)ccc1OCC(=O)O. The van der Waals surface area contributed by atoms with Crippen molar-refractivity contribution >= 4 is 29.4 Å². The van der Waals surface area contributed by atoms with E-state index in [0.29, 0.717) is 0 Å². The highest BCUT2D eigenvalue weighted by Crippen LogP contribution is 2.23. The monoisotopic (exact) mass is 297 g/mol. The van der Waals surface area contributed by atoms with Crippen LogP contribution in [0.15, 0.2) is 18.2 Å². The van der Waals surface area contributed by atoms with Crippen molar-refractivity contribution in [3.05, 3.63) is 23.8 Å². The van der Waals surface area contributed by atoms with Crippen LogP contribution in [0.1, 0.15) is 10.4 Å². The molecule has 1 rings (SSSR count). The molecular weight excluding hydrogens is 286 g/mol. The lowest BCUT2D eigenvalue weighted by molar-refractivity contribution is -0.147. The molecule has 0 aliphatic rings. The molecule has 112 valence electrons. The summed E-state index contributed by atoms with van der Waals surface area (Å²) in [4.78, 5) is 43.4. The quantitative estimate of drug-likeness (QED) is 0.195. The zero-order valence-electron chi connectivity index (χ0n) is 10.5.